The summed E-state index contributed by atoms with van der Waals surface area (Å²) in [7, 11) is 0. The van der Waals surface area contributed by atoms with Gasteiger partial charge in [0.1, 0.15) is 11.8 Å². The van der Waals surface area contributed by atoms with Gasteiger partial charge in [-0.05, 0) is 26.0 Å². The zero-order valence-corrected chi connectivity index (χ0v) is 18.0. The molecule has 0 spiro atoms. The Kier molecular flexibility index (Phi) is 7.63. The first kappa shape index (κ1) is 21.6. The molecular formula is C26H31N2O2+. The Labute approximate surface area is 179 Å². The fraction of sp³-hybridized carbons (Fsp3) is 0.269. The highest BCUT2D eigenvalue weighted by atomic mass is 16.5. The Morgan fingerprint density at radius 2 is 1.57 bits per heavy atom. The van der Waals surface area contributed by atoms with Crippen molar-refractivity contribution >= 4 is 11.6 Å². The molecule has 156 valence electrons. The van der Waals surface area contributed by atoms with Crippen molar-refractivity contribution in [2.24, 2.45) is 0 Å². The number of anilines is 1. The molecule has 0 saturated carbocycles. The van der Waals surface area contributed by atoms with E-state index >= 15 is 0 Å². The normalized spacial score (nSPS) is 12.8. The molecule has 0 saturated heterocycles. The zero-order chi connectivity index (χ0) is 21.3. The second-order valence-electron chi connectivity index (χ2n) is 7.42. The van der Waals surface area contributed by atoms with Crippen LogP contribution in [0.2, 0.25) is 0 Å². The summed E-state index contributed by atoms with van der Waals surface area (Å²) in [4.78, 5) is 13.4. The first-order chi connectivity index (χ1) is 14.6. The molecule has 2 atom stereocenters. The third-order valence-corrected chi connectivity index (χ3v) is 5.26. The number of rotatable bonds is 9. The monoisotopic (exact) mass is 403 g/mol. The molecule has 0 heterocycles. The van der Waals surface area contributed by atoms with E-state index in [2.05, 4.69) is 48.7 Å². The lowest BCUT2D eigenvalue weighted by Gasteiger charge is -2.22. The number of benzene rings is 3. The first-order valence-corrected chi connectivity index (χ1v) is 10.6. The highest BCUT2D eigenvalue weighted by Crippen LogP contribution is 2.25. The van der Waals surface area contributed by atoms with Gasteiger partial charge in [-0.2, -0.15) is 0 Å². The topological polar surface area (TPSA) is 54.9 Å². The lowest BCUT2D eigenvalue weighted by molar-refractivity contribution is -0.722. The van der Waals surface area contributed by atoms with Crippen LogP contribution < -0.4 is 15.4 Å². The number of hydrogen-bond donors (Lipinski definition) is 2. The van der Waals surface area contributed by atoms with E-state index in [-0.39, 0.29) is 18.0 Å². The van der Waals surface area contributed by atoms with Gasteiger partial charge in [-0.3, -0.25) is 4.79 Å². The second kappa shape index (κ2) is 10.6. The largest absolute Gasteiger partial charge is 0.492 e. The van der Waals surface area contributed by atoms with E-state index in [1.165, 1.54) is 11.1 Å². The van der Waals surface area contributed by atoms with Gasteiger partial charge in [0.15, 0.2) is 6.04 Å². The van der Waals surface area contributed by atoms with Crippen LogP contribution >= 0.6 is 0 Å². The molecule has 3 N–H and O–H groups in total. The van der Waals surface area contributed by atoms with Crippen LogP contribution in [0.25, 0.3) is 0 Å². The number of aryl methyl sites for hydroxylation is 1. The predicted molar refractivity (Wildman–Crippen MR) is 122 cm³/mol. The third-order valence-electron chi connectivity index (χ3n) is 5.26. The molecule has 0 aliphatic carbocycles. The number of quaternary nitrogens is 1. The molecule has 0 aliphatic heterocycles. The molecule has 0 unspecified atom stereocenters. The maximum absolute atomic E-state index is 13.4. The van der Waals surface area contributed by atoms with Crippen LogP contribution in [-0.4, -0.2) is 12.5 Å². The van der Waals surface area contributed by atoms with Crippen molar-refractivity contribution in [3.8, 4) is 5.75 Å². The molecule has 0 bridgehead atoms. The molecule has 0 aromatic heterocycles. The van der Waals surface area contributed by atoms with Gasteiger partial charge in [-0.1, -0.05) is 79.2 Å². The average Bonchev–Trinajstić information content (AvgIpc) is 2.77. The van der Waals surface area contributed by atoms with Crippen LogP contribution in [0.4, 0.5) is 5.69 Å². The molecule has 1 amide bonds. The average molecular weight is 404 g/mol. The standard InChI is InChI=1S/C26H30N2O2/c1-4-22(20-17-15-19(3)16-18-20)27-25(21-11-7-6-8-12-21)26(29)28-23-13-9-10-14-24(23)30-5-2/h6-18,22,25,27H,4-5H2,1-3H3,(H,28,29)/p+1/t22-,25-/m0/s1. The van der Waals surface area contributed by atoms with Crippen molar-refractivity contribution in [3.63, 3.8) is 0 Å². The minimum atomic E-state index is -0.368. The fourth-order valence-corrected chi connectivity index (χ4v) is 3.60. The molecule has 0 radical (unpaired) electrons. The molecular weight excluding hydrogens is 372 g/mol. The van der Waals surface area contributed by atoms with Gasteiger partial charge in [0.25, 0.3) is 5.91 Å². The third kappa shape index (κ3) is 5.49. The van der Waals surface area contributed by atoms with Crippen molar-refractivity contribution in [1.29, 1.82) is 0 Å². The van der Waals surface area contributed by atoms with Crippen LogP contribution in [0.15, 0.2) is 78.9 Å². The Bertz CT molecular complexity index is 939. The number of carbonyl (C=O) groups is 1. The quantitative estimate of drug-likeness (QED) is 0.540. The molecule has 3 aromatic rings. The maximum Gasteiger partial charge on any atom is 0.287 e. The molecule has 3 aromatic carbocycles. The SMILES string of the molecule is CCOc1ccccc1NC(=O)[C@@H]([NH2+][C@@H](CC)c1ccc(C)cc1)c1ccccc1. The summed E-state index contributed by atoms with van der Waals surface area (Å²) in [6.45, 7) is 6.73. The van der Waals surface area contributed by atoms with Gasteiger partial charge in [0.2, 0.25) is 0 Å². The summed E-state index contributed by atoms with van der Waals surface area (Å²) in [5, 5.41) is 5.25. The number of nitrogens with two attached hydrogens (primary N) is 1. The predicted octanol–water partition coefficient (Wildman–Crippen LogP) is 4.79. The lowest BCUT2D eigenvalue weighted by Crippen LogP contribution is -2.88. The number of ether oxygens (including phenoxy) is 1. The Morgan fingerprint density at radius 1 is 0.900 bits per heavy atom. The van der Waals surface area contributed by atoms with Gasteiger partial charge in [-0.25, -0.2) is 0 Å². The fourth-order valence-electron chi connectivity index (χ4n) is 3.60. The summed E-state index contributed by atoms with van der Waals surface area (Å²) in [5.74, 6) is 0.629. The number of amides is 1. The number of para-hydroxylation sites is 2. The summed E-state index contributed by atoms with van der Waals surface area (Å²) in [5.41, 5.74) is 4.14. The Morgan fingerprint density at radius 3 is 2.23 bits per heavy atom. The lowest BCUT2D eigenvalue weighted by atomic mass is 9.99. The van der Waals surface area contributed by atoms with E-state index in [4.69, 9.17) is 4.74 Å². The number of nitrogens with one attached hydrogen (secondary N) is 1. The second-order valence-corrected chi connectivity index (χ2v) is 7.42. The summed E-state index contributed by atoms with van der Waals surface area (Å²) >= 11 is 0. The number of carbonyl (C=O) groups excluding carboxylic acids is 1. The highest BCUT2D eigenvalue weighted by Gasteiger charge is 2.28. The van der Waals surface area contributed by atoms with Crippen LogP contribution in [-0.2, 0) is 4.79 Å². The van der Waals surface area contributed by atoms with Crippen LogP contribution in [0, 0.1) is 6.92 Å². The molecule has 4 nitrogen and oxygen atoms in total. The molecule has 30 heavy (non-hydrogen) atoms. The van der Waals surface area contributed by atoms with Crippen molar-refractivity contribution in [1.82, 2.24) is 0 Å². The van der Waals surface area contributed by atoms with E-state index in [0.717, 1.165) is 12.0 Å². The van der Waals surface area contributed by atoms with E-state index in [1.807, 2.05) is 61.5 Å². The molecule has 4 heteroatoms. The summed E-state index contributed by atoms with van der Waals surface area (Å²) in [6, 6.07) is 25.9. The van der Waals surface area contributed by atoms with E-state index < -0.39 is 0 Å². The Hall–Kier alpha value is -3.11. The van der Waals surface area contributed by atoms with Gasteiger partial charge in [-0.15, -0.1) is 0 Å². The van der Waals surface area contributed by atoms with E-state index in [9.17, 15) is 4.79 Å². The van der Waals surface area contributed by atoms with Crippen molar-refractivity contribution in [2.75, 3.05) is 11.9 Å². The van der Waals surface area contributed by atoms with Crippen LogP contribution in [0.3, 0.4) is 0 Å². The summed E-state index contributed by atoms with van der Waals surface area (Å²) in [6.07, 6.45) is 0.926. The van der Waals surface area contributed by atoms with Crippen molar-refractivity contribution in [2.45, 2.75) is 39.3 Å². The van der Waals surface area contributed by atoms with Gasteiger partial charge in [0, 0.05) is 17.5 Å². The van der Waals surface area contributed by atoms with Crippen LogP contribution in [0.1, 0.15) is 49.0 Å². The minimum Gasteiger partial charge on any atom is -0.492 e. The maximum atomic E-state index is 13.4. The Balaban J connectivity index is 1.87. The van der Waals surface area contributed by atoms with Crippen molar-refractivity contribution < 1.29 is 14.8 Å². The van der Waals surface area contributed by atoms with E-state index in [0.29, 0.717) is 18.0 Å². The first-order valence-electron chi connectivity index (χ1n) is 10.6. The van der Waals surface area contributed by atoms with Crippen molar-refractivity contribution in [3.05, 3.63) is 95.6 Å². The van der Waals surface area contributed by atoms with E-state index in [1.54, 1.807) is 0 Å². The number of hydrogen-bond acceptors (Lipinski definition) is 2. The van der Waals surface area contributed by atoms with Crippen LogP contribution in [0.5, 0.6) is 5.75 Å². The summed E-state index contributed by atoms with van der Waals surface area (Å²) < 4.78 is 5.68. The zero-order valence-electron chi connectivity index (χ0n) is 18.0. The highest BCUT2D eigenvalue weighted by molar-refractivity contribution is 5.95. The molecule has 3 rings (SSSR count). The van der Waals surface area contributed by atoms with Gasteiger partial charge in [0.05, 0.1) is 12.3 Å². The smallest absolute Gasteiger partial charge is 0.287 e. The minimum absolute atomic E-state index is 0.0566. The van der Waals surface area contributed by atoms with Gasteiger partial charge < -0.3 is 15.4 Å². The van der Waals surface area contributed by atoms with Gasteiger partial charge >= 0.3 is 0 Å². The molecule has 0 fully saturated rings. The molecule has 0 aliphatic rings.